The fourth-order valence-corrected chi connectivity index (χ4v) is 4.90. The first-order valence-electron chi connectivity index (χ1n) is 11.7. The Balaban J connectivity index is 1.37. The van der Waals surface area contributed by atoms with Crippen molar-refractivity contribution >= 4 is 32.8 Å². The Labute approximate surface area is 215 Å². The maximum atomic E-state index is 12.6. The highest BCUT2D eigenvalue weighted by Gasteiger charge is 2.21. The topological polar surface area (TPSA) is 146 Å². The number of carboxylic acid groups (broad SMARTS) is 1. The lowest BCUT2D eigenvalue weighted by atomic mass is 9.99. The summed E-state index contributed by atoms with van der Waals surface area (Å²) in [6.07, 6.45) is 1.42. The molecule has 2 aromatic carbocycles. The van der Waals surface area contributed by atoms with Crippen molar-refractivity contribution in [2.75, 3.05) is 11.3 Å². The number of imidazole rings is 1. The highest BCUT2D eigenvalue weighted by Crippen LogP contribution is 2.22. The Kier molecular flexibility index (Phi) is 7.58. The van der Waals surface area contributed by atoms with Crippen molar-refractivity contribution in [3.63, 3.8) is 0 Å². The summed E-state index contributed by atoms with van der Waals surface area (Å²) in [7, 11) is -3.74. The van der Waals surface area contributed by atoms with Gasteiger partial charge in [-0.25, -0.2) is 23.2 Å². The standard InChI is InChI=1S/C26H29N5O5S/c1-26(2,13-14-31-17-27-21-11-12-22(25(33)34)29-24(21)31)28-16-23(32)18-7-6-8-19(15-18)30-37(35,36)20-9-4-3-5-10-20/h3-12,15,17,23,28,30,32H,13-14,16H2,1-2H3,(H,33,34)/t23-/m1/s1. The van der Waals surface area contributed by atoms with Gasteiger partial charge < -0.3 is 20.1 Å². The van der Waals surface area contributed by atoms with Crippen LogP contribution in [-0.2, 0) is 16.6 Å². The molecule has 0 saturated heterocycles. The molecule has 0 spiro atoms. The van der Waals surface area contributed by atoms with Gasteiger partial charge in [-0.3, -0.25) is 4.72 Å². The summed E-state index contributed by atoms with van der Waals surface area (Å²) in [6.45, 7) is 4.78. The highest BCUT2D eigenvalue weighted by molar-refractivity contribution is 7.92. The molecule has 4 aromatic rings. The maximum absolute atomic E-state index is 12.6. The lowest BCUT2D eigenvalue weighted by Crippen LogP contribution is -2.42. The molecule has 2 aromatic heterocycles. The minimum Gasteiger partial charge on any atom is -0.477 e. The zero-order chi connectivity index (χ0) is 26.6. The van der Waals surface area contributed by atoms with Gasteiger partial charge in [0.15, 0.2) is 11.3 Å². The minimum absolute atomic E-state index is 0.0388. The Morgan fingerprint density at radius 1 is 1.08 bits per heavy atom. The molecule has 37 heavy (non-hydrogen) atoms. The molecular weight excluding hydrogens is 494 g/mol. The van der Waals surface area contributed by atoms with Gasteiger partial charge in [-0.05, 0) is 62.2 Å². The summed E-state index contributed by atoms with van der Waals surface area (Å²) in [5.41, 5.74) is 1.64. The molecule has 11 heteroatoms. The first kappa shape index (κ1) is 26.3. The Hall–Kier alpha value is -3.80. The quantitative estimate of drug-likeness (QED) is 0.234. The first-order valence-corrected chi connectivity index (χ1v) is 13.2. The van der Waals surface area contributed by atoms with Crippen LogP contribution in [0.15, 0.2) is 78.0 Å². The Morgan fingerprint density at radius 3 is 2.57 bits per heavy atom. The van der Waals surface area contributed by atoms with Crippen molar-refractivity contribution in [1.29, 1.82) is 0 Å². The molecule has 194 valence electrons. The molecule has 0 bridgehead atoms. The molecule has 2 heterocycles. The van der Waals surface area contributed by atoms with Crippen molar-refractivity contribution in [2.45, 2.75) is 43.4 Å². The zero-order valence-electron chi connectivity index (χ0n) is 20.5. The van der Waals surface area contributed by atoms with Crippen molar-refractivity contribution in [1.82, 2.24) is 19.9 Å². The molecule has 0 radical (unpaired) electrons. The van der Waals surface area contributed by atoms with E-state index in [1.54, 1.807) is 54.9 Å². The number of hydrogen-bond donors (Lipinski definition) is 4. The second-order valence-corrected chi connectivity index (χ2v) is 11.0. The van der Waals surface area contributed by atoms with E-state index < -0.39 is 22.1 Å². The summed E-state index contributed by atoms with van der Waals surface area (Å²) in [5, 5.41) is 23.3. The predicted octanol–water partition coefficient (Wildman–Crippen LogP) is 3.42. The van der Waals surface area contributed by atoms with E-state index in [0.717, 1.165) is 0 Å². The smallest absolute Gasteiger partial charge is 0.354 e. The molecule has 0 aliphatic rings. The third-order valence-corrected chi connectivity index (χ3v) is 7.41. The van der Waals surface area contributed by atoms with Crippen LogP contribution in [0.25, 0.3) is 11.2 Å². The van der Waals surface area contributed by atoms with E-state index in [1.807, 2.05) is 18.4 Å². The Morgan fingerprint density at radius 2 is 1.84 bits per heavy atom. The van der Waals surface area contributed by atoms with E-state index in [0.29, 0.717) is 35.4 Å². The lowest BCUT2D eigenvalue weighted by Gasteiger charge is -2.28. The SMILES string of the molecule is CC(C)(CCn1cnc2ccc(C(=O)O)nc21)NC[C@@H](O)c1cccc(NS(=O)(=O)c2ccccc2)c1. The van der Waals surface area contributed by atoms with Crippen molar-refractivity contribution < 1.29 is 23.4 Å². The van der Waals surface area contributed by atoms with Gasteiger partial charge in [-0.15, -0.1) is 0 Å². The van der Waals surface area contributed by atoms with Crippen molar-refractivity contribution in [3.8, 4) is 0 Å². The van der Waals surface area contributed by atoms with Crippen LogP contribution in [0.1, 0.15) is 42.4 Å². The fourth-order valence-electron chi connectivity index (χ4n) is 3.82. The summed E-state index contributed by atoms with van der Waals surface area (Å²) < 4.78 is 29.6. The van der Waals surface area contributed by atoms with Crippen molar-refractivity contribution in [2.24, 2.45) is 0 Å². The van der Waals surface area contributed by atoms with Crippen LogP contribution in [0, 0.1) is 0 Å². The highest BCUT2D eigenvalue weighted by atomic mass is 32.2. The number of β-amino-alcohol motifs (C(OH)–C–C–N with tert-alkyl or cyclic N) is 1. The lowest BCUT2D eigenvalue weighted by molar-refractivity contribution is 0.0690. The van der Waals surface area contributed by atoms with E-state index in [1.165, 1.54) is 18.2 Å². The second kappa shape index (κ2) is 10.7. The van der Waals surface area contributed by atoms with Gasteiger partial charge in [0.25, 0.3) is 10.0 Å². The molecule has 0 aliphatic heterocycles. The van der Waals surface area contributed by atoms with Crippen LogP contribution in [0.4, 0.5) is 5.69 Å². The van der Waals surface area contributed by atoms with Crippen LogP contribution in [0.3, 0.4) is 0 Å². The van der Waals surface area contributed by atoms with Gasteiger partial charge in [-0.1, -0.05) is 30.3 Å². The second-order valence-electron chi connectivity index (χ2n) is 9.36. The third kappa shape index (κ3) is 6.50. The third-order valence-electron chi connectivity index (χ3n) is 6.01. The van der Waals surface area contributed by atoms with Gasteiger partial charge in [0.2, 0.25) is 0 Å². The predicted molar refractivity (Wildman–Crippen MR) is 140 cm³/mol. The number of aliphatic hydroxyl groups excluding tert-OH is 1. The van der Waals surface area contributed by atoms with Crippen LogP contribution < -0.4 is 10.0 Å². The monoisotopic (exact) mass is 523 g/mol. The van der Waals surface area contributed by atoms with Gasteiger partial charge in [0.1, 0.15) is 5.52 Å². The number of pyridine rings is 1. The van der Waals surface area contributed by atoms with Crippen LogP contribution >= 0.6 is 0 Å². The van der Waals surface area contributed by atoms with E-state index in [2.05, 4.69) is 20.0 Å². The number of carbonyl (C=O) groups is 1. The number of sulfonamides is 1. The van der Waals surface area contributed by atoms with Gasteiger partial charge in [0.05, 0.1) is 17.3 Å². The molecule has 0 fully saturated rings. The van der Waals surface area contributed by atoms with Gasteiger partial charge >= 0.3 is 5.97 Å². The number of aliphatic hydroxyl groups is 1. The summed E-state index contributed by atoms with van der Waals surface area (Å²) in [5.74, 6) is -1.09. The number of carboxylic acids is 1. The molecule has 0 aliphatic carbocycles. The zero-order valence-corrected chi connectivity index (χ0v) is 21.3. The number of rotatable bonds is 11. The van der Waals surface area contributed by atoms with E-state index in [4.69, 9.17) is 0 Å². The van der Waals surface area contributed by atoms with E-state index >= 15 is 0 Å². The summed E-state index contributed by atoms with van der Waals surface area (Å²) in [4.78, 5) is 19.9. The largest absolute Gasteiger partial charge is 0.477 e. The minimum atomic E-state index is -3.74. The van der Waals surface area contributed by atoms with Crippen LogP contribution in [0.2, 0.25) is 0 Å². The number of aromatic nitrogens is 3. The fraction of sp³-hybridized carbons (Fsp3) is 0.269. The number of anilines is 1. The van der Waals surface area contributed by atoms with Crippen molar-refractivity contribution in [3.05, 3.63) is 84.3 Å². The number of aryl methyl sites for hydroxylation is 1. The molecule has 0 unspecified atom stereocenters. The number of fused-ring (bicyclic) bond motifs is 1. The van der Waals surface area contributed by atoms with Crippen LogP contribution in [-0.4, -0.2) is 51.2 Å². The molecule has 4 N–H and O–H groups in total. The molecule has 1 atom stereocenters. The summed E-state index contributed by atoms with van der Waals surface area (Å²) >= 11 is 0. The molecule has 10 nitrogen and oxygen atoms in total. The number of nitrogens with zero attached hydrogens (tertiary/aromatic N) is 3. The average Bonchev–Trinajstić information content (AvgIpc) is 3.29. The van der Waals surface area contributed by atoms with Gasteiger partial charge in [-0.2, -0.15) is 0 Å². The number of hydrogen-bond acceptors (Lipinski definition) is 7. The Bertz CT molecular complexity index is 1500. The van der Waals surface area contributed by atoms with Crippen LogP contribution in [0.5, 0.6) is 0 Å². The molecular formula is C26H29N5O5S. The van der Waals surface area contributed by atoms with Gasteiger partial charge in [0, 0.05) is 24.3 Å². The number of nitrogens with one attached hydrogen (secondary N) is 2. The molecule has 0 saturated carbocycles. The number of benzene rings is 2. The van der Waals surface area contributed by atoms with E-state index in [9.17, 15) is 23.4 Å². The summed E-state index contributed by atoms with van der Waals surface area (Å²) in [6, 6.07) is 17.8. The normalized spacial score (nSPS) is 12.9. The maximum Gasteiger partial charge on any atom is 0.354 e. The molecule has 0 amide bonds. The number of aromatic carboxylic acids is 1. The van der Waals surface area contributed by atoms with E-state index in [-0.39, 0.29) is 22.7 Å². The average molecular weight is 524 g/mol. The first-order chi connectivity index (χ1) is 17.5. The molecule has 4 rings (SSSR count).